The molecule has 4 rings (SSSR count). The lowest BCUT2D eigenvalue weighted by molar-refractivity contribution is -0.146. The van der Waals surface area contributed by atoms with Crippen molar-refractivity contribution in [1.29, 1.82) is 0 Å². The third kappa shape index (κ3) is 4.29. The zero-order chi connectivity index (χ0) is 19.6. The van der Waals surface area contributed by atoms with Gasteiger partial charge in [-0.1, -0.05) is 35.9 Å². The van der Waals surface area contributed by atoms with E-state index in [9.17, 15) is 9.59 Å². The number of nitrogens with one attached hydrogen (secondary N) is 3. The Morgan fingerprint density at radius 2 is 1.64 bits per heavy atom. The molecular weight excluding hydrogens is 376 g/mol. The number of urea groups is 1. The number of nitrogens with zero attached hydrogens (tertiary/aromatic N) is 1. The van der Waals surface area contributed by atoms with Crippen LogP contribution in [-0.2, 0) is 17.8 Å². The fraction of sp³-hybridized carbons (Fsp3) is 0.333. The van der Waals surface area contributed by atoms with Crippen LogP contribution in [0.5, 0.6) is 0 Å². The molecule has 2 heterocycles. The van der Waals surface area contributed by atoms with Crippen LogP contribution in [0.3, 0.4) is 0 Å². The lowest BCUT2D eigenvalue weighted by Gasteiger charge is -2.56. The minimum Gasteiger partial charge on any atom is -0.341 e. The quantitative estimate of drug-likeness (QED) is 0.724. The van der Waals surface area contributed by atoms with E-state index in [0.29, 0.717) is 29.1 Å². The predicted octanol–water partition coefficient (Wildman–Crippen LogP) is 2.64. The second-order valence-electron chi connectivity index (χ2n) is 7.66. The molecule has 2 aliphatic heterocycles. The van der Waals surface area contributed by atoms with Gasteiger partial charge in [-0.2, -0.15) is 0 Å². The molecule has 0 aliphatic carbocycles. The van der Waals surface area contributed by atoms with E-state index in [4.69, 9.17) is 11.6 Å². The third-order valence-corrected chi connectivity index (χ3v) is 5.59. The highest BCUT2D eigenvalue weighted by molar-refractivity contribution is 6.30. The molecule has 0 aromatic heterocycles. The zero-order valence-corrected chi connectivity index (χ0v) is 16.3. The zero-order valence-electron chi connectivity index (χ0n) is 15.5. The largest absolute Gasteiger partial charge is 0.341 e. The molecule has 0 unspecified atom stereocenters. The Kier molecular flexibility index (Phi) is 5.24. The van der Waals surface area contributed by atoms with E-state index in [1.807, 2.05) is 41.3 Å². The maximum atomic E-state index is 12.3. The first-order chi connectivity index (χ1) is 13.5. The van der Waals surface area contributed by atoms with Crippen molar-refractivity contribution in [2.75, 3.05) is 31.5 Å². The Balaban J connectivity index is 1.22. The summed E-state index contributed by atoms with van der Waals surface area (Å²) < 4.78 is 0. The fourth-order valence-electron chi connectivity index (χ4n) is 3.59. The lowest BCUT2D eigenvalue weighted by Crippen LogP contribution is -2.72. The van der Waals surface area contributed by atoms with Crippen LogP contribution in [0.15, 0.2) is 48.5 Å². The lowest BCUT2D eigenvalue weighted by atomic mass is 9.74. The van der Waals surface area contributed by atoms with Gasteiger partial charge in [-0.3, -0.25) is 4.79 Å². The Morgan fingerprint density at radius 1 is 1.00 bits per heavy atom. The highest BCUT2D eigenvalue weighted by Crippen LogP contribution is 2.34. The molecule has 2 fully saturated rings. The van der Waals surface area contributed by atoms with Crippen molar-refractivity contribution < 1.29 is 9.59 Å². The van der Waals surface area contributed by atoms with Crippen molar-refractivity contribution in [3.63, 3.8) is 0 Å². The number of hydrogen-bond acceptors (Lipinski definition) is 3. The van der Waals surface area contributed by atoms with E-state index < -0.39 is 0 Å². The van der Waals surface area contributed by atoms with E-state index in [1.165, 1.54) is 0 Å². The van der Waals surface area contributed by atoms with Crippen molar-refractivity contribution in [2.24, 2.45) is 5.41 Å². The Bertz CT molecular complexity index is 855. The van der Waals surface area contributed by atoms with Gasteiger partial charge in [0.25, 0.3) is 0 Å². The predicted molar refractivity (Wildman–Crippen MR) is 109 cm³/mol. The molecule has 2 aliphatic rings. The van der Waals surface area contributed by atoms with Crippen LogP contribution in [-0.4, -0.2) is 43.0 Å². The van der Waals surface area contributed by atoms with E-state index in [0.717, 1.165) is 37.3 Å². The molecular formula is C21H23ClN4O2. The summed E-state index contributed by atoms with van der Waals surface area (Å²) in [5, 5.41) is 9.54. The van der Waals surface area contributed by atoms with Crippen LogP contribution in [0.2, 0.25) is 5.02 Å². The smallest absolute Gasteiger partial charge is 0.319 e. The van der Waals surface area contributed by atoms with Crippen molar-refractivity contribution >= 4 is 29.2 Å². The van der Waals surface area contributed by atoms with Crippen molar-refractivity contribution in [1.82, 2.24) is 15.5 Å². The van der Waals surface area contributed by atoms with Crippen molar-refractivity contribution in [2.45, 2.75) is 13.0 Å². The van der Waals surface area contributed by atoms with Crippen LogP contribution in [0.25, 0.3) is 0 Å². The van der Waals surface area contributed by atoms with Gasteiger partial charge in [0.15, 0.2) is 0 Å². The summed E-state index contributed by atoms with van der Waals surface area (Å²) >= 11 is 5.85. The molecule has 3 N–H and O–H groups in total. The number of amides is 3. The summed E-state index contributed by atoms with van der Waals surface area (Å²) in [4.78, 5) is 26.3. The molecule has 0 bridgehead atoms. The number of carbonyl (C=O) groups is 2. The third-order valence-electron chi connectivity index (χ3n) is 5.34. The Hall–Kier alpha value is -2.57. The van der Waals surface area contributed by atoms with Gasteiger partial charge in [0.05, 0.1) is 6.42 Å². The van der Waals surface area contributed by atoms with E-state index in [-0.39, 0.29) is 11.9 Å². The van der Waals surface area contributed by atoms with Crippen molar-refractivity contribution in [3.8, 4) is 0 Å². The molecule has 2 saturated heterocycles. The monoisotopic (exact) mass is 398 g/mol. The average Bonchev–Trinajstić information content (AvgIpc) is 2.60. The molecule has 3 amide bonds. The van der Waals surface area contributed by atoms with Crippen LogP contribution < -0.4 is 16.0 Å². The second kappa shape index (κ2) is 7.81. The highest BCUT2D eigenvalue weighted by atomic mass is 35.5. The van der Waals surface area contributed by atoms with Gasteiger partial charge in [0, 0.05) is 48.8 Å². The molecule has 2 aromatic rings. The number of hydrogen-bond donors (Lipinski definition) is 3. The topological polar surface area (TPSA) is 73.5 Å². The molecule has 0 radical (unpaired) electrons. The fourth-order valence-corrected chi connectivity index (χ4v) is 3.72. The van der Waals surface area contributed by atoms with Gasteiger partial charge in [-0.15, -0.1) is 0 Å². The molecule has 0 saturated carbocycles. The summed E-state index contributed by atoms with van der Waals surface area (Å²) in [7, 11) is 0. The van der Waals surface area contributed by atoms with Gasteiger partial charge in [0.2, 0.25) is 5.91 Å². The number of carbonyl (C=O) groups excluding carboxylic acids is 2. The summed E-state index contributed by atoms with van der Waals surface area (Å²) in [6, 6.07) is 14.4. The Morgan fingerprint density at radius 3 is 2.25 bits per heavy atom. The number of rotatable bonds is 5. The number of anilines is 1. The van der Waals surface area contributed by atoms with Gasteiger partial charge >= 0.3 is 6.03 Å². The highest BCUT2D eigenvalue weighted by Gasteiger charge is 2.48. The van der Waals surface area contributed by atoms with E-state index >= 15 is 0 Å². The van der Waals surface area contributed by atoms with Gasteiger partial charge in [-0.25, -0.2) is 4.79 Å². The number of likely N-dealkylation sites (tertiary alicyclic amines) is 1. The van der Waals surface area contributed by atoms with Crippen molar-refractivity contribution in [3.05, 3.63) is 64.7 Å². The minimum atomic E-state index is -0.279. The van der Waals surface area contributed by atoms with E-state index in [2.05, 4.69) is 16.0 Å². The average molecular weight is 399 g/mol. The van der Waals surface area contributed by atoms with Gasteiger partial charge < -0.3 is 20.9 Å². The second-order valence-corrected chi connectivity index (χ2v) is 8.10. The summed E-state index contributed by atoms with van der Waals surface area (Å²) in [6.45, 7) is 4.20. The van der Waals surface area contributed by atoms with E-state index in [1.54, 1.807) is 12.1 Å². The van der Waals surface area contributed by atoms with Crippen LogP contribution >= 0.6 is 11.6 Å². The summed E-state index contributed by atoms with van der Waals surface area (Å²) in [5.41, 5.74) is 2.96. The first kappa shape index (κ1) is 18.8. The molecule has 146 valence electrons. The molecule has 6 nitrogen and oxygen atoms in total. The summed E-state index contributed by atoms with van der Waals surface area (Å²) in [5.74, 6) is 0.166. The molecule has 1 spiro atoms. The maximum Gasteiger partial charge on any atom is 0.319 e. The SMILES string of the molecule is O=C(NCc1ccc(Cl)cc1)Nc1ccc(CC(=O)N2CC3(CNC3)C2)cc1. The Labute approximate surface area is 169 Å². The first-order valence-corrected chi connectivity index (χ1v) is 9.76. The first-order valence-electron chi connectivity index (χ1n) is 9.38. The molecule has 0 atom stereocenters. The van der Waals surface area contributed by atoms with Gasteiger partial charge in [0.1, 0.15) is 0 Å². The van der Waals surface area contributed by atoms with Crippen LogP contribution in [0, 0.1) is 5.41 Å². The number of benzene rings is 2. The summed E-state index contributed by atoms with van der Waals surface area (Å²) in [6.07, 6.45) is 0.395. The minimum absolute atomic E-state index is 0.166. The normalized spacial score (nSPS) is 16.8. The van der Waals surface area contributed by atoms with Crippen LogP contribution in [0.1, 0.15) is 11.1 Å². The maximum absolute atomic E-state index is 12.3. The molecule has 28 heavy (non-hydrogen) atoms. The van der Waals surface area contributed by atoms with Crippen LogP contribution in [0.4, 0.5) is 10.5 Å². The standard InChI is InChI=1S/C21H23ClN4O2/c22-17-5-1-16(2-6-17)10-24-20(28)25-18-7-3-15(4-8-18)9-19(27)26-13-21(14-26)11-23-12-21/h1-8,23H,9-14H2,(H2,24,25,28). The molecule has 7 heteroatoms. The van der Waals surface area contributed by atoms with Gasteiger partial charge in [-0.05, 0) is 35.4 Å². The molecule has 2 aromatic carbocycles. The number of halogens is 1.